The van der Waals surface area contributed by atoms with E-state index >= 15 is 0 Å². The van der Waals surface area contributed by atoms with E-state index in [-0.39, 0.29) is 11.8 Å². The Balaban J connectivity index is 1.18. The third kappa shape index (κ3) is 5.11. The average molecular weight is 446 g/mol. The number of oxazole rings is 1. The zero-order valence-corrected chi connectivity index (χ0v) is 18.8. The van der Waals surface area contributed by atoms with Crippen molar-refractivity contribution < 1.29 is 14.0 Å². The summed E-state index contributed by atoms with van der Waals surface area (Å²) in [4.78, 5) is 34.9. The van der Waals surface area contributed by atoms with Gasteiger partial charge in [0, 0.05) is 25.7 Å². The molecule has 0 radical (unpaired) electrons. The van der Waals surface area contributed by atoms with Gasteiger partial charge in [-0.15, -0.1) is 0 Å². The molecule has 1 aromatic heterocycles. The van der Waals surface area contributed by atoms with E-state index in [9.17, 15) is 9.59 Å². The number of nitrogens with zero attached hydrogens (tertiary/aromatic N) is 3. The molecule has 1 aliphatic heterocycles. The molecular formula is C25H27N5O3. The van der Waals surface area contributed by atoms with Gasteiger partial charge in [-0.2, -0.15) is 0 Å². The predicted molar refractivity (Wildman–Crippen MR) is 126 cm³/mol. The van der Waals surface area contributed by atoms with Gasteiger partial charge in [0.05, 0.1) is 23.4 Å². The molecule has 0 saturated heterocycles. The van der Waals surface area contributed by atoms with Crippen molar-refractivity contribution in [3.63, 3.8) is 0 Å². The second-order valence-electron chi connectivity index (χ2n) is 7.88. The van der Waals surface area contributed by atoms with Gasteiger partial charge in [-0.25, -0.2) is 4.98 Å². The number of unbranched alkanes of at least 4 members (excludes halogenated alkanes) is 1. The maximum atomic E-state index is 12.4. The van der Waals surface area contributed by atoms with Crippen LogP contribution in [0.15, 0.2) is 64.2 Å². The van der Waals surface area contributed by atoms with Crippen molar-refractivity contribution in [1.82, 2.24) is 20.5 Å². The van der Waals surface area contributed by atoms with Crippen LogP contribution in [-0.4, -0.2) is 47.8 Å². The fourth-order valence-corrected chi connectivity index (χ4v) is 3.66. The normalized spacial score (nSPS) is 13.4. The fourth-order valence-electron chi connectivity index (χ4n) is 3.66. The first kappa shape index (κ1) is 22.3. The summed E-state index contributed by atoms with van der Waals surface area (Å²) < 4.78 is 5.59. The first-order valence-corrected chi connectivity index (χ1v) is 11.0. The van der Waals surface area contributed by atoms with E-state index in [4.69, 9.17) is 4.42 Å². The van der Waals surface area contributed by atoms with E-state index in [0.29, 0.717) is 49.0 Å². The molecule has 8 heteroatoms. The highest BCUT2D eigenvalue weighted by Crippen LogP contribution is 2.22. The molecule has 8 nitrogen and oxygen atoms in total. The molecule has 33 heavy (non-hydrogen) atoms. The summed E-state index contributed by atoms with van der Waals surface area (Å²) in [6.45, 7) is 3.58. The number of aliphatic imine (C=N–C) groups is 1. The van der Waals surface area contributed by atoms with Crippen molar-refractivity contribution in [3.8, 4) is 11.5 Å². The van der Waals surface area contributed by atoms with Crippen LogP contribution in [0.2, 0.25) is 0 Å². The number of hydrogen-bond donors (Lipinski definition) is 2. The lowest BCUT2D eigenvalue weighted by atomic mass is 10.1. The molecule has 170 valence electrons. The molecule has 0 aliphatic carbocycles. The number of rotatable bonds is 8. The summed E-state index contributed by atoms with van der Waals surface area (Å²) in [5, 5.41) is 6.46. The van der Waals surface area contributed by atoms with Crippen molar-refractivity contribution >= 4 is 17.8 Å². The smallest absolute Gasteiger partial charge is 0.261 e. The third-order valence-electron chi connectivity index (χ3n) is 5.49. The molecule has 0 bridgehead atoms. The maximum absolute atomic E-state index is 12.4. The number of amides is 2. The SMILES string of the molecule is CN=C(NCCCCN1C(=O)c2ccccc2C1=O)NCc1coc(-c2ccc(C)cc2)n1. The summed E-state index contributed by atoms with van der Waals surface area (Å²) >= 11 is 0. The Kier molecular flexibility index (Phi) is 6.83. The van der Waals surface area contributed by atoms with Gasteiger partial charge < -0.3 is 15.1 Å². The Labute approximate surface area is 192 Å². The van der Waals surface area contributed by atoms with Crippen LogP contribution in [0.1, 0.15) is 44.8 Å². The molecule has 2 amide bonds. The Morgan fingerprint density at radius 3 is 2.36 bits per heavy atom. The number of nitrogens with one attached hydrogen (secondary N) is 2. The van der Waals surface area contributed by atoms with E-state index in [1.54, 1.807) is 37.6 Å². The van der Waals surface area contributed by atoms with Gasteiger partial charge in [-0.05, 0) is 44.0 Å². The maximum Gasteiger partial charge on any atom is 0.261 e. The molecule has 0 spiro atoms. The van der Waals surface area contributed by atoms with E-state index in [1.165, 1.54) is 10.5 Å². The van der Waals surface area contributed by atoms with Crippen molar-refractivity contribution in [3.05, 3.63) is 77.2 Å². The number of fused-ring (bicyclic) bond motifs is 1. The number of benzene rings is 2. The van der Waals surface area contributed by atoms with Gasteiger partial charge in [0.1, 0.15) is 6.26 Å². The summed E-state index contributed by atoms with van der Waals surface area (Å²) in [7, 11) is 1.70. The lowest BCUT2D eigenvalue weighted by Gasteiger charge is -2.14. The van der Waals surface area contributed by atoms with E-state index in [0.717, 1.165) is 17.7 Å². The summed E-state index contributed by atoms with van der Waals surface area (Å²) in [5.74, 6) is 0.816. The zero-order valence-electron chi connectivity index (χ0n) is 18.8. The minimum absolute atomic E-state index is 0.210. The molecule has 0 saturated carbocycles. The molecule has 0 fully saturated rings. The van der Waals surface area contributed by atoms with Crippen LogP contribution in [0.25, 0.3) is 11.5 Å². The molecule has 0 atom stereocenters. The molecular weight excluding hydrogens is 418 g/mol. The van der Waals surface area contributed by atoms with Crippen LogP contribution >= 0.6 is 0 Å². The molecule has 2 N–H and O–H groups in total. The van der Waals surface area contributed by atoms with Crippen LogP contribution in [0.5, 0.6) is 0 Å². The van der Waals surface area contributed by atoms with Crippen molar-refractivity contribution in [2.24, 2.45) is 4.99 Å². The van der Waals surface area contributed by atoms with E-state index < -0.39 is 0 Å². The van der Waals surface area contributed by atoms with Crippen molar-refractivity contribution in [1.29, 1.82) is 0 Å². The molecule has 4 rings (SSSR count). The highest BCUT2D eigenvalue weighted by atomic mass is 16.3. The highest BCUT2D eigenvalue weighted by molar-refractivity contribution is 6.21. The number of imide groups is 1. The Hall–Kier alpha value is -3.94. The third-order valence-corrected chi connectivity index (χ3v) is 5.49. The quantitative estimate of drug-likeness (QED) is 0.239. The number of hydrogen-bond acceptors (Lipinski definition) is 5. The Bertz CT molecular complexity index is 1130. The second kappa shape index (κ2) is 10.1. The topological polar surface area (TPSA) is 99.8 Å². The van der Waals surface area contributed by atoms with Crippen LogP contribution in [0.4, 0.5) is 0 Å². The van der Waals surface area contributed by atoms with Crippen molar-refractivity contribution in [2.75, 3.05) is 20.1 Å². The lowest BCUT2D eigenvalue weighted by molar-refractivity contribution is 0.0652. The van der Waals surface area contributed by atoms with Gasteiger partial charge in [0.2, 0.25) is 5.89 Å². The van der Waals surface area contributed by atoms with Gasteiger partial charge in [0.15, 0.2) is 5.96 Å². The minimum Gasteiger partial charge on any atom is -0.444 e. The zero-order chi connectivity index (χ0) is 23.2. The fraction of sp³-hybridized carbons (Fsp3) is 0.280. The summed E-state index contributed by atoms with van der Waals surface area (Å²) in [6, 6.07) is 15.0. The average Bonchev–Trinajstić information content (AvgIpc) is 3.40. The van der Waals surface area contributed by atoms with E-state index in [1.807, 2.05) is 31.2 Å². The lowest BCUT2D eigenvalue weighted by Crippen LogP contribution is -2.37. The van der Waals surface area contributed by atoms with Crippen LogP contribution < -0.4 is 10.6 Å². The van der Waals surface area contributed by atoms with Gasteiger partial charge in [-0.1, -0.05) is 29.8 Å². The number of carbonyl (C=O) groups is 2. The van der Waals surface area contributed by atoms with E-state index in [2.05, 4.69) is 20.6 Å². The second-order valence-corrected chi connectivity index (χ2v) is 7.88. The molecule has 1 aliphatic rings. The van der Waals surface area contributed by atoms with Crippen LogP contribution in [-0.2, 0) is 6.54 Å². The van der Waals surface area contributed by atoms with Crippen molar-refractivity contribution in [2.45, 2.75) is 26.3 Å². The molecule has 0 unspecified atom stereocenters. The minimum atomic E-state index is -0.210. The molecule has 2 heterocycles. The monoisotopic (exact) mass is 445 g/mol. The summed E-state index contributed by atoms with van der Waals surface area (Å²) in [6.07, 6.45) is 3.13. The largest absolute Gasteiger partial charge is 0.444 e. The van der Waals surface area contributed by atoms with Gasteiger partial charge >= 0.3 is 0 Å². The first-order valence-electron chi connectivity index (χ1n) is 11.0. The Morgan fingerprint density at radius 2 is 1.70 bits per heavy atom. The number of carbonyl (C=O) groups excluding carboxylic acids is 2. The van der Waals surface area contributed by atoms with Crippen LogP contribution in [0, 0.1) is 6.92 Å². The first-order chi connectivity index (χ1) is 16.1. The highest BCUT2D eigenvalue weighted by Gasteiger charge is 2.34. The molecule has 2 aromatic carbocycles. The molecule has 3 aromatic rings. The number of guanidine groups is 1. The van der Waals surface area contributed by atoms with Crippen LogP contribution in [0.3, 0.4) is 0 Å². The number of aromatic nitrogens is 1. The van der Waals surface area contributed by atoms with Gasteiger partial charge in [-0.3, -0.25) is 19.5 Å². The predicted octanol–water partition coefficient (Wildman–Crippen LogP) is 3.39. The Morgan fingerprint density at radius 1 is 1.00 bits per heavy atom. The summed E-state index contributed by atoms with van der Waals surface area (Å²) in [5.41, 5.74) is 3.88. The standard InChI is InChI=1S/C25H27N5O3/c1-17-9-11-18(12-10-17)22-29-19(16-33-22)15-28-25(26-2)27-13-5-6-14-30-23(31)20-7-3-4-8-21(20)24(30)32/h3-4,7-12,16H,5-6,13-15H2,1-2H3,(H2,26,27,28). The van der Waals surface area contributed by atoms with Gasteiger partial charge in [0.25, 0.3) is 11.8 Å². The number of aryl methyl sites for hydroxylation is 1.